The normalized spacial score (nSPS) is 16.6. The van der Waals surface area contributed by atoms with E-state index >= 15 is 4.39 Å². The number of amides is 2. The lowest BCUT2D eigenvalue weighted by Gasteiger charge is -2.35. The summed E-state index contributed by atoms with van der Waals surface area (Å²) in [6.07, 6.45) is 5.48. The molecule has 256 valence electrons. The molecule has 2 amide bonds. The van der Waals surface area contributed by atoms with Crippen molar-refractivity contribution in [2.75, 3.05) is 38.7 Å². The molecule has 0 unspecified atom stereocenters. The van der Waals surface area contributed by atoms with E-state index in [1.165, 1.54) is 11.0 Å². The highest BCUT2D eigenvalue weighted by atomic mass is 35.5. The Morgan fingerprint density at radius 1 is 1.04 bits per heavy atom. The first-order chi connectivity index (χ1) is 22.7. The van der Waals surface area contributed by atoms with E-state index in [1.807, 2.05) is 14.1 Å². The molecule has 0 saturated heterocycles. The maximum absolute atomic E-state index is 15.5. The third kappa shape index (κ3) is 9.12. The Morgan fingerprint density at radius 3 is 2.35 bits per heavy atom. The molecule has 5 N–H and O–H groups in total. The van der Waals surface area contributed by atoms with Crippen LogP contribution in [0.15, 0.2) is 60.8 Å². The van der Waals surface area contributed by atoms with E-state index < -0.39 is 17.8 Å². The number of carbonyl (C=O) groups is 2. The summed E-state index contributed by atoms with van der Waals surface area (Å²) in [4.78, 5) is 35.1. The minimum atomic E-state index is -1.05. The van der Waals surface area contributed by atoms with Crippen molar-refractivity contribution in [3.05, 3.63) is 72.2 Å². The number of primary amides is 1. The molecule has 0 bridgehead atoms. The number of ether oxygens (including phenoxy) is 1. The van der Waals surface area contributed by atoms with Crippen LogP contribution in [0, 0.1) is 17.7 Å². The van der Waals surface area contributed by atoms with Crippen LogP contribution in [-0.4, -0.2) is 82.2 Å². The van der Waals surface area contributed by atoms with Gasteiger partial charge in [-0.3, -0.25) is 14.5 Å². The van der Waals surface area contributed by atoms with Crippen LogP contribution in [0.1, 0.15) is 37.7 Å². The third-order valence-electron chi connectivity index (χ3n) is 8.67. The second-order valence-electron chi connectivity index (χ2n) is 12.3. The van der Waals surface area contributed by atoms with Crippen molar-refractivity contribution in [1.29, 1.82) is 0 Å². The predicted octanol–water partition coefficient (Wildman–Crippen LogP) is 4.01. The fourth-order valence-corrected chi connectivity index (χ4v) is 6.00. The highest BCUT2D eigenvalue weighted by molar-refractivity contribution is 6.01. The molecule has 1 fully saturated rings. The van der Waals surface area contributed by atoms with Crippen LogP contribution in [0.3, 0.4) is 0 Å². The highest BCUT2D eigenvalue weighted by Gasteiger charge is 2.36. The molecule has 48 heavy (non-hydrogen) atoms. The van der Waals surface area contributed by atoms with Gasteiger partial charge in [-0.1, -0.05) is 12.1 Å². The molecule has 0 radical (unpaired) electrons. The summed E-state index contributed by atoms with van der Waals surface area (Å²) in [5.41, 5.74) is 14.5. The molecule has 1 saturated carbocycles. The van der Waals surface area contributed by atoms with Gasteiger partial charge < -0.3 is 21.1 Å². The molecule has 1 aliphatic carbocycles. The summed E-state index contributed by atoms with van der Waals surface area (Å²) < 4.78 is 21.2. The number of nitrogens with zero attached hydrogens (tertiary/aromatic N) is 6. The zero-order valence-electron chi connectivity index (χ0n) is 27.2. The summed E-state index contributed by atoms with van der Waals surface area (Å²) in [6, 6.07) is 14.2. The molecule has 2 aromatic carbocycles. The Morgan fingerprint density at radius 2 is 1.77 bits per heavy atom. The van der Waals surface area contributed by atoms with Gasteiger partial charge in [0.25, 0.3) is 0 Å². The number of tetrazole rings is 1. The lowest BCUT2D eigenvalue weighted by atomic mass is 9.81. The van der Waals surface area contributed by atoms with Crippen LogP contribution in [0.4, 0.5) is 10.1 Å². The Bertz CT molecular complexity index is 1610. The van der Waals surface area contributed by atoms with Gasteiger partial charge in [0, 0.05) is 53.5 Å². The molecule has 14 heteroatoms. The van der Waals surface area contributed by atoms with E-state index in [0.717, 1.165) is 25.8 Å². The minimum absolute atomic E-state index is 0. The molecule has 1 atom stereocenters. The van der Waals surface area contributed by atoms with Gasteiger partial charge in [0.1, 0.15) is 11.9 Å². The van der Waals surface area contributed by atoms with Crippen LogP contribution >= 0.6 is 12.4 Å². The first kappa shape index (κ1) is 36.4. The number of nitrogens with one attached hydrogen (secondary N) is 1. The number of aromatic nitrogens is 5. The van der Waals surface area contributed by atoms with Crippen molar-refractivity contribution in [2.24, 2.45) is 23.3 Å². The average Bonchev–Trinajstić information content (AvgIpc) is 3.62. The van der Waals surface area contributed by atoms with Crippen molar-refractivity contribution in [3.63, 3.8) is 0 Å². The number of aromatic amines is 1. The molecule has 4 aromatic rings. The Balaban J connectivity index is 0.00000520. The standard InChI is InChI=1S/C34H42FN9O3.ClH/c1-43(2)16-3-17-47-31-15-11-26(21-38-31)28-14-6-23(18-29(28)35)19-30(32(37)45)44(34(46)25-7-4-22(20-36)5-8-25)27-12-9-24(10-13-27)33-39-41-42-40-33;/h6,9-15,18,21-22,25,30H,3-5,7-8,16-17,19-20,36H2,1-2H3,(H2,37,45)(H,39,40,41,42);1H/t22?,25?,30-;/m0./s1. The average molecular weight is 680 g/mol. The van der Waals surface area contributed by atoms with Gasteiger partial charge in [0.05, 0.1) is 6.61 Å². The Hall–Kier alpha value is -4.46. The van der Waals surface area contributed by atoms with Crippen LogP contribution in [0.25, 0.3) is 22.5 Å². The molecule has 12 nitrogen and oxygen atoms in total. The number of hydrogen-bond donors (Lipinski definition) is 3. The van der Waals surface area contributed by atoms with E-state index in [2.05, 4.69) is 30.5 Å². The van der Waals surface area contributed by atoms with Crippen molar-refractivity contribution in [3.8, 4) is 28.4 Å². The van der Waals surface area contributed by atoms with E-state index in [0.29, 0.717) is 71.6 Å². The fraction of sp³-hybridized carbons (Fsp3) is 0.412. The number of nitrogens with two attached hydrogens (primary N) is 2. The van der Waals surface area contributed by atoms with Crippen molar-refractivity contribution in [1.82, 2.24) is 30.5 Å². The zero-order valence-corrected chi connectivity index (χ0v) is 28.0. The van der Waals surface area contributed by atoms with E-state index in [1.54, 1.807) is 54.7 Å². The van der Waals surface area contributed by atoms with Crippen molar-refractivity contribution < 1.29 is 18.7 Å². The first-order valence-electron chi connectivity index (χ1n) is 15.9. The van der Waals surface area contributed by atoms with E-state index in [-0.39, 0.29) is 30.7 Å². The molecule has 2 heterocycles. The smallest absolute Gasteiger partial charge is 0.240 e. The van der Waals surface area contributed by atoms with Crippen LogP contribution in [0.2, 0.25) is 0 Å². The van der Waals surface area contributed by atoms with Gasteiger partial charge in [-0.05, 0) is 106 Å². The largest absolute Gasteiger partial charge is 0.478 e. The number of benzene rings is 2. The first-order valence-corrected chi connectivity index (χ1v) is 15.9. The zero-order chi connectivity index (χ0) is 33.3. The van der Waals surface area contributed by atoms with E-state index in [4.69, 9.17) is 16.2 Å². The second kappa shape index (κ2) is 17.1. The van der Waals surface area contributed by atoms with Gasteiger partial charge in [-0.25, -0.2) is 9.37 Å². The number of hydrogen-bond acceptors (Lipinski definition) is 9. The van der Waals surface area contributed by atoms with Crippen molar-refractivity contribution in [2.45, 2.75) is 44.6 Å². The number of halogens is 2. The summed E-state index contributed by atoms with van der Waals surface area (Å²) >= 11 is 0. The number of anilines is 1. The van der Waals surface area contributed by atoms with Gasteiger partial charge in [0.15, 0.2) is 0 Å². The molecule has 1 aliphatic rings. The van der Waals surface area contributed by atoms with Crippen molar-refractivity contribution >= 4 is 29.9 Å². The van der Waals surface area contributed by atoms with Gasteiger partial charge in [0.2, 0.25) is 23.5 Å². The van der Waals surface area contributed by atoms with E-state index in [9.17, 15) is 9.59 Å². The molecule has 0 aliphatic heterocycles. The molecular formula is C34H43ClFN9O3. The predicted molar refractivity (Wildman–Crippen MR) is 184 cm³/mol. The van der Waals surface area contributed by atoms with Gasteiger partial charge >= 0.3 is 0 Å². The Labute approximate surface area is 285 Å². The summed E-state index contributed by atoms with van der Waals surface area (Å²) in [5, 5.41) is 14.0. The Kier molecular flexibility index (Phi) is 13.0. The van der Waals surface area contributed by atoms with Gasteiger partial charge in [-0.2, -0.15) is 5.21 Å². The molecule has 5 rings (SSSR count). The maximum Gasteiger partial charge on any atom is 0.240 e. The highest BCUT2D eigenvalue weighted by Crippen LogP contribution is 2.33. The molecule has 0 spiro atoms. The van der Waals surface area contributed by atoms with Gasteiger partial charge in [-0.15, -0.1) is 22.6 Å². The number of pyridine rings is 1. The lowest BCUT2D eigenvalue weighted by Crippen LogP contribution is -2.52. The molecular weight excluding hydrogens is 637 g/mol. The molecule has 2 aromatic heterocycles. The van der Waals surface area contributed by atoms with Crippen LogP contribution in [0.5, 0.6) is 5.88 Å². The van der Waals surface area contributed by atoms with Crippen LogP contribution < -0.4 is 21.1 Å². The minimum Gasteiger partial charge on any atom is -0.478 e. The number of H-pyrrole nitrogens is 1. The second-order valence-corrected chi connectivity index (χ2v) is 12.3. The number of carbonyl (C=O) groups excluding carboxylic acids is 2. The van der Waals surface area contributed by atoms with Crippen LogP contribution in [-0.2, 0) is 16.0 Å². The number of rotatable bonds is 14. The third-order valence-corrected chi connectivity index (χ3v) is 8.67. The lowest BCUT2D eigenvalue weighted by molar-refractivity contribution is -0.127. The summed E-state index contributed by atoms with van der Waals surface area (Å²) in [7, 11) is 4.01. The topological polar surface area (TPSA) is 169 Å². The summed E-state index contributed by atoms with van der Waals surface area (Å²) in [5.74, 6) is -0.399. The fourth-order valence-electron chi connectivity index (χ4n) is 6.00. The SMILES string of the molecule is CN(C)CCCOc1ccc(-c2ccc(C[C@@H](C(N)=O)N(C(=O)C3CCC(CN)CC3)c3ccc(-c4nn[nH]n4)cc3)cc2F)cn1.Cl. The monoisotopic (exact) mass is 679 g/mol. The maximum atomic E-state index is 15.5. The quantitative estimate of drug-likeness (QED) is 0.167. The summed E-state index contributed by atoms with van der Waals surface area (Å²) in [6.45, 7) is 2.02.